The molecule has 4 aromatic rings. The molecule has 1 aromatic heterocycles. The number of fused-ring (bicyclic) bond motifs is 1. The molecule has 0 radical (unpaired) electrons. The summed E-state index contributed by atoms with van der Waals surface area (Å²) in [6.07, 6.45) is 4.07. The van der Waals surface area contributed by atoms with Crippen LogP contribution in [0.1, 0.15) is 55.5 Å². The molecule has 3 aliphatic heterocycles. The van der Waals surface area contributed by atoms with Crippen LogP contribution in [-0.4, -0.2) is 109 Å². The smallest absolute Gasteiger partial charge is 0.257 e. The van der Waals surface area contributed by atoms with E-state index in [1.807, 2.05) is 38.2 Å². The summed E-state index contributed by atoms with van der Waals surface area (Å²) >= 11 is 0. The van der Waals surface area contributed by atoms with Gasteiger partial charge in [-0.3, -0.25) is 9.80 Å². The second-order valence-corrected chi connectivity index (χ2v) is 14.5. The standard InChI is InChI=1S/C40H54N8O3/c1-5-51-26-25-47-36-14-10-9-13-35(36)42-39(47)41-32-17-21-45(22-18-32)23-19-40(31-11-7-6-8-12-31)20-24-46(29-40)38(49)34-27-33(15-16-37(34)50-4)48-30(2)28-44(3)43-48/h6-16,27,30,32,43H,5,17-26,28-29H2,1-4H3,(H,41,42). The number of para-hydroxylation sites is 2. The second kappa shape index (κ2) is 15.6. The molecule has 1 amide bonds. The van der Waals surface area contributed by atoms with Gasteiger partial charge >= 0.3 is 0 Å². The fraction of sp³-hybridized carbons (Fsp3) is 0.500. The number of imidazole rings is 1. The van der Waals surface area contributed by atoms with E-state index < -0.39 is 0 Å². The third-order valence-electron chi connectivity index (χ3n) is 11.1. The first-order valence-electron chi connectivity index (χ1n) is 18.7. The lowest BCUT2D eigenvalue weighted by atomic mass is 9.76. The molecule has 3 fully saturated rings. The Labute approximate surface area is 302 Å². The molecule has 11 nitrogen and oxygen atoms in total. The number of anilines is 2. The van der Waals surface area contributed by atoms with Crippen molar-refractivity contribution in [2.75, 3.05) is 77.0 Å². The topological polar surface area (TPSA) is 90.4 Å². The molecule has 7 rings (SSSR count). The number of piperidine rings is 1. The minimum Gasteiger partial charge on any atom is -0.496 e. The number of carbonyl (C=O) groups is 1. The molecule has 0 aliphatic carbocycles. The Hall–Kier alpha value is -4.16. The predicted octanol–water partition coefficient (Wildman–Crippen LogP) is 5.39. The van der Waals surface area contributed by atoms with Gasteiger partial charge in [-0.2, -0.15) is 5.53 Å². The quantitative estimate of drug-likeness (QED) is 0.179. The zero-order valence-corrected chi connectivity index (χ0v) is 30.7. The third-order valence-corrected chi connectivity index (χ3v) is 11.1. The summed E-state index contributed by atoms with van der Waals surface area (Å²) in [4.78, 5) is 23.9. The number of likely N-dealkylation sites (N-methyl/N-ethyl adjacent to an activating group) is 1. The number of ether oxygens (including phenoxy) is 2. The normalized spacial score (nSPS) is 21.9. The van der Waals surface area contributed by atoms with Gasteiger partial charge in [-0.1, -0.05) is 42.5 Å². The maximum absolute atomic E-state index is 14.3. The SMILES string of the molecule is CCOCCn1c(NC2CCN(CCC3(c4ccccc4)CCN(C(=O)c4cc(N5NN(C)CC5C)ccc4OC)C3)CC2)nc2ccccc21. The molecule has 3 aliphatic rings. The number of aromatic nitrogens is 2. The molecular weight excluding hydrogens is 640 g/mol. The van der Waals surface area contributed by atoms with Crippen LogP contribution in [-0.2, 0) is 16.7 Å². The zero-order valence-electron chi connectivity index (χ0n) is 30.7. The molecular formula is C40H54N8O3. The first-order valence-corrected chi connectivity index (χ1v) is 18.7. The Kier molecular flexibility index (Phi) is 10.8. The number of methoxy groups -OCH3 is 1. The Morgan fingerprint density at radius 3 is 2.55 bits per heavy atom. The lowest BCUT2D eigenvalue weighted by Gasteiger charge is -2.36. The minimum atomic E-state index is -0.101. The zero-order chi connectivity index (χ0) is 35.4. The Morgan fingerprint density at radius 2 is 1.80 bits per heavy atom. The van der Waals surface area contributed by atoms with Crippen molar-refractivity contribution < 1.29 is 14.3 Å². The summed E-state index contributed by atoms with van der Waals surface area (Å²) in [6.45, 7) is 11.8. The van der Waals surface area contributed by atoms with Gasteiger partial charge in [0.1, 0.15) is 5.75 Å². The number of hydrogen-bond acceptors (Lipinski definition) is 9. The summed E-state index contributed by atoms with van der Waals surface area (Å²) in [7, 11) is 3.68. The van der Waals surface area contributed by atoms with Crippen molar-refractivity contribution in [1.82, 2.24) is 29.9 Å². The third kappa shape index (κ3) is 7.58. The van der Waals surface area contributed by atoms with Gasteiger partial charge in [0, 0.05) is 64.4 Å². The number of carbonyl (C=O) groups excluding carboxylic acids is 1. The van der Waals surface area contributed by atoms with Crippen molar-refractivity contribution in [3.63, 3.8) is 0 Å². The van der Waals surface area contributed by atoms with E-state index >= 15 is 0 Å². The van der Waals surface area contributed by atoms with Crippen LogP contribution in [0, 0.1) is 0 Å². The number of rotatable bonds is 13. The fourth-order valence-electron chi connectivity index (χ4n) is 8.29. The van der Waals surface area contributed by atoms with Gasteiger partial charge < -0.3 is 29.2 Å². The second-order valence-electron chi connectivity index (χ2n) is 14.5. The van der Waals surface area contributed by atoms with E-state index in [0.29, 0.717) is 37.1 Å². The van der Waals surface area contributed by atoms with Gasteiger partial charge in [-0.05, 0) is 82.0 Å². The highest BCUT2D eigenvalue weighted by molar-refractivity contribution is 5.98. The van der Waals surface area contributed by atoms with Gasteiger partial charge in [0.15, 0.2) is 0 Å². The van der Waals surface area contributed by atoms with Crippen molar-refractivity contribution in [1.29, 1.82) is 0 Å². The van der Waals surface area contributed by atoms with E-state index in [4.69, 9.17) is 14.5 Å². The van der Waals surface area contributed by atoms with Crippen LogP contribution in [0.25, 0.3) is 11.0 Å². The molecule has 2 atom stereocenters. The molecule has 11 heteroatoms. The van der Waals surface area contributed by atoms with Crippen LogP contribution in [0.4, 0.5) is 11.6 Å². The number of benzene rings is 3. The van der Waals surface area contributed by atoms with Gasteiger partial charge in [-0.15, -0.1) is 0 Å². The van der Waals surface area contributed by atoms with Gasteiger partial charge in [0.25, 0.3) is 5.91 Å². The summed E-state index contributed by atoms with van der Waals surface area (Å²) in [5.41, 5.74) is 8.35. The Morgan fingerprint density at radius 1 is 1.02 bits per heavy atom. The molecule has 51 heavy (non-hydrogen) atoms. The maximum atomic E-state index is 14.3. The lowest BCUT2D eigenvalue weighted by Crippen LogP contribution is -2.43. The average Bonchev–Trinajstić information content (AvgIpc) is 3.86. The van der Waals surface area contributed by atoms with Gasteiger partial charge in [0.05, 0.1) is 42.0 Å². The monoisotopic (exact) mass is 694 g/mol. The van der Waals surface area contributed by atoms with E-state index in [9.17, 15) is 4.79 Å². The first kappa shape index (κ1) is 35.3. The summed E-state index contributed by atoms with van der Waals surface area (Å²) < 4.78 is 13.7. The predicted molar refractivity (Wildman–Crippen MR) is 203 cm³/mol. The number of likely N-dealkylation sites (tertiary alicyclic amines) is 2. The number of nitrogens with zero attached hydrogens (tertiary/aromatic N) is 6. The summed E-state index contributed by atoms with van der Waals surface area (Å²) in [5, 5.41) is 7.97. The van der Waals surface area contributed by atoms with Crippen LogP contribution < -0.4 is 20.6 Å². The van der Waals surface area contributed by atoms with Crippen LogP contribution in [0.3, 0.4) is 0 Å². The molecule has 272 valence electrons. The molecule has 3 saturated heterocycles. The Balaban J connectivity index is 1.01. The highest BCUT2D eigenvalue weighted by Crippen LogP contribution is 2.40. The maximum Gasteiger partial charge on any atom is 0.257 e. The van der Waals surface area contributed by atoms with E-state index in [1.165, 1.54) is 5.56 Å². The van der Waals surface area contributed by atoms with Gasteiger partial charge in [-0.25, -0.2) is 9.99 Å². The molecule has 0 spiro atoms. The van der Waals surface area contributed by atoms with Crippen LogP contribution in [0.15, 0.2) is 72.8 Å². The number of hydrogen-bond donors (Lipinski definition) is 2. The fourth-order valence-corrected chi connectivity index (χ4v) is 8.29. The minimum absolute atomic E-state index is 0.0332. The van der Waals surface area contributed by atoms with E-state index in [1.54, 1.807) is 7.11 Å². The van der Waals surface area contributed by atoms with E-state index in [0.717, 1.165) is 87.6 Å². The average molecular weight is 695 g/mol. The number of hydrazine groups is 2. The summed E-state index contributed by atoms with van der Waals surface area (Å²) in [5.74, 6) is 1.59. The van der Waals surface area contributed by atoms with E-state index in [2.05, 4.69) is 90.7 Å². The van der Waals surface area contributed by atoms with Crippen molar-refractivity contribution in [2.24, 2.45) is 0 Å². The van der Waals surface area contributed by atoms with Crippen molar-refractivity contribution in [2.45, 2.75) is 63.6 Å². The van der Waals surface area contributed by atoms with E-state index in [-0.39, 0.29) is 17.4 Å². The largest absolute Gasteiger partial charge is 0.496 e. The first-order chi connectivity index (χ1) is 24.9. The van der Waals surface area contributed by atoms with Crippen LogP contribution >= 0.6 is 0 Å². The van der Waals surface area contributed by atoms with Crippen molar-refractivity contribution in [3.05, 3.63) is 83.9 Å². The molecule has 0 bridgehead atoms. The van der Waals surface area contributed by atoms with Crippen molar-refractivity contribution >= 4 is 28.6 Å². The number of nitrogens with one attached hydrogen (secondary N) is 2. The molecule has 2 N–H and O–H groups in total. The highest BCUT2D eigenvalue weighted by atomic mass is 16.5. The molecule has 0 saturated carbocycles. The highest BCUT2D eigenvalue weighted by Gasteiger charge is 2.42. The number of amides is 1. The molecule has 4 heterocycles. The van der Waals surface area contributed by atoms with Crippen LogP contribution in [0.2, 0.25) is 0 Å². The molecule has 3 aromatic carbocycles. The van der Waals surface area contributed by atoms with Crippen molar-refractivity contribution in [3.8, 4) is 5.75 Å². The summed E-state index contributed by atoms with van der Waals surface area (Å²) in [6, 6.07) is 25.8. The van der Waals surface area contributed by atoms with Gasteiger partial charge in [0.2, 0.25) is 5.95 Å². The molecule has 2 unspecified atom stereocenters. The lowest BCUT2D eigenvalue weighted by molar-refractivity contribution is 0.0777. The van der Waals surface area contributed by atoms with Crippen LogP contribution in [0.5, 0.6) is 5.75 Å². The Bertz CT molecular complexity index is 1770.